The zero-order chi connectivity index (χ0) is 14.9. The number of unbranched alkanes of at least 4 members (excludes halogenated alkanes) is 3. The molecule has 0 bridgehead atoms. The molecule has 1 N–H and O–H groups in total. The predicted octanol–water partition coefficient (Wildman–Crippen LogP) is 3.43. The second-order valence-electron chi connectivity index (χ2n) is 5.26. The minimum Gasteiger partial charge on any atom is -0.324 e. The van der Waals surface area contributed by atoms with Gasteiger partial charge in [-0.05, 0) is 24.8 Å². The minimum atomic E-state index is 0.0304. The minimum absolute atomic E-state index is 0.0304. The van der Waals surface area contributed by atoms with Gasteiger partial charge < -0.3 is 5.43 Å². The lowest BCUT2D eigenvalue weighted by Crippen LogP contribution is -2.19. The maximum Gasteiger partial charge on any atom is 0.179 e. The first-order valence-electron chi connectivity index (χ1n) is 7.58. The number of hydrogen-bond acceptors (Lipinski definition) is 3. The Bertz CT molecular complexity index is 548. The summed E-state index contributed by atoms with van der Waals surface area (Å²) in [7, 11) is 0. The summed E-state index contributed by atoms with van der Waals surface area (Å²) in [5.74, 6) is 0.0304. The standard InChI is InChI=1S/C17H23N3O/c1-15(21)17-13-18-14-20(17)19-12-8-3-2-5-9-16-10-6-4-7-11-16/h4,6-7,10-11,13-14,19H,2-3,5,8-9,12H2,1H3. The van der Waals surface area contributed by atoms with Gasteiger partial charge in [-0.1, -0.05) is 43.2 Å². The van der Waals surface area contributed by atoms with Crippen molar-refractivity contribution in [1.82, 2.24) is 9.66 Å². The summed E-state index contributed by atoms with van der Waals surface area (Å²) in [5.41, 5.74) is 5.24. The average molecular weight is 285 g/mol. The number of carbonyl (C=O) groups is 1. The highest BCUT2D eigenvalue weighted by Gasteiger charge is 2.05. The van der Waals surface area contributed by atoms with Crippen LogP contribution in [-0.2, 0) is 6.42 Å². The molecule has 0 aliphatic heterocycles. The van der Waals surface area contributed by atoms with E-state index in [9.17, 15) is 4.79 Å². The largest absolute Gasteiger partial charge is 0.324 e. The molecule has 0 spiro atoms. The van der Waals surface area contributed by atoms with E-state index in [-0.39, 0.29) is 5.78 Å². The Morgan fingerprint density at radius 2 is 1.90 bits per heavy atom. The van der Waals surface area contributed by atoms with Crippen molar-refractivity contribution in [3.8, 4) is 0 Å². The van der Waals surface area contributed by atoms with Gasteiger partial charge in [0, 0.05) is 13.5 Å². The van der Waals surface area contributed by atoms with E-state index in [2.05, 4.69) is 40.7 Å². The Morgan fingerprint density at radius 1 is 1.14 bits per heavy atom. The van der Waals surface area contributed by atoms with Crippen molar-refractivity contribution >= 4 is 5.78 Å². The van der Waals surface area contributed by atoms with E-state index in [1.165, 1.54) is 24.8 Å². The predicted molar refractivity (Wildman–Crippen MR) is 85.1 cm³/mol. The maximum atomic E-state index is 11.3. The van der Waals surface area contributed by atoms with Crippen molar-refractivity contribution in [2.24, 2.45) is 0 Å². The highest BCUT2D eigenvalue weighted by atomic mass is 16.1. The molecule has 0 atom stereocenters. The molecule has 0 unspecified atom stereocenters. The molecule has 112 valence electrons. The number of benzene rings is 1. The van der Waals surface area contributed by atoms with Crippen molar-refractivity contribution < 1.29 is 4.79 Å². The van der Waals surface area contributed by atoms with Gasteiger partial charge >= 0.3 is 0 Å². The average Bonchev–Trinajstić information content (AvgIpc) is 2.96. The van der Waals surface area contributed by atoms with Crippen LogP contribution in [0.3, 0.4) is 0 Å². The van der Waals surface area contributed by atoms with Gasteiger partial charge in [0.2, 0.25) is 0 Å². The Hall–Kier alpha value is -2.10. The Kier molecular flexibility index (Phi) is 6.00. The molecule has 0 aliphatic carbocycles. The summed E-state index contributed by atoms with van der Waals surface area (Å²) in [6.45, 7) is 2.42. The highest BCUT2D eigenvalue weighted by molar-refractivity contribution is 5.92. The molecule has 0 radical (unpaired) electrons. The first kappa shape index (κ1) is 15.3. The molecule has 21 heavy (non-hydrogen) atoms. The summed E-state index contributed by atoms with van der Waals surface area (Å²) < 4.78 is 1.71. The van der Waals surface area contributed by atoms with Crippen LogP contribution in [0.25, 0.3) is 0 Å². The van der Waals surface area contributed by atoms with E-state index >= 15 is 0 Å². The van der Waals surface area contributed by atoms with Gasteiger partial charge in [-0.25, -0.2) is 9.66 Å². The summed E-state index contributed by atoms with van der Waals surface area (Å²) in [6, 6.07) is 10.6. The van der Waals surface area contributed by atoms with E-state index in [4.69, 9.17) is 0 Å². The van der Waals surface area contributed by atoms with Crippen LogP contribution in [0.4, 0.5) is 0 Å². The van der Waals surface area contributed by atoms with Crippen LogP contribution >= 0.6 is 0 Å². The molecule has 0 saturated carbocycles. The molecule has 2 aromatic rings. The molecule has 4 heteroatoms. The summed E-state index contributed by atoms with van der Waals surface area (Å²) in [6.07, 6.45) is 9.16. The molecular formula is C17H23N3O. The third-order valence-corrected chi connectivity index (χ3v) is 3.52. The fourth-order valence-corrected chi connectivity index (χ4v) is 2.33. The number of rotatable bonds is 9. The number of aromatic nitrogens is 2. The molecule has 1 aromatic carbocycles. The molecule has 2 rings (SSSR count). The number of Topliss-reactive ketones (excluding diaryl/α,β-unsaturated/α-hetero) is 1. The van der Waals surface area contributed by atoms with E-state index in [1.54, 1.807) is 24.1 Å². The zero-order valence-electron chi connectivity index (χ0n) is 12.6. The van der Waals surface area contributed by atoms with Crippen molar-refractivity contribution in [3.05, 3.63) is 54.1 Å². The maximum absolute atomic E-state index is 11.3. The van der Waals surface area contributed by atoms with Gasteiger partial charge in [0.1, 0.15) is 12.0 Å². The number of ketones is 1. The van der Waals surface area contributed by atoms with Crippen molar-refractivity contribution in [2.45, 2.75) is 39.0 Å². The monoisotopic (exact) mass is 285 g/mol. The lowest BCUT2D eigenvalue weighted by atomic mass is 10.1. The summed E-state index contributed by atoms with van der Waals surface area (Å²) in [5, 5.41) is 0. The van der Waals surface area contributed by atoms with E-state index in [1.807, 2.05) is 0 Å². The van der Waals surface area contributed by atoms with Gasteiger partial charge in [0.25, 0.3) is 0 Å². The highest BCUT2D eigenvalue weighted by Crippen LogP contribution is 2.07. The smallest absolute Gasteiger partial charge is 0.179 e. The van der Waals surface area contributed by atoms with E-state index in [0.29, 0.717) is 5.69 Å². The lowest BCUT2D eigenvalue weighted by molar-refractivity contribution is 0.101. The molecule has 0 saturated heterocycles. The van der Waals surface area contributed by atoms with Crippen LogP contribution in [0.2, 0.25) is 0 Å². The SMILES string of the molecule is CC(=O)c1cncn1NCCCCCCc1ccccc1. The van der Waals surface area contributed by atoms with Crippen LogP contribution in [0, 0.1) is 0 Å². The van der Waals surface area contributed by atoms with Gasteiger partial charge in [-0.2, -0.15) is 0 Å². The van der Waals surface area contributed by atoms with Gasteiger partial charge in [-0.3, -0.25) is 4.79 Å². The molecular weight excluding hydrogens is 262 g/mol. The third-order valence-electron chi connectivity index (χ3n) is 3.52. The number of hydrogen-bond donors (Lipinski definition) is 1. The zero-order valence-corrected chi connectivity index (χ0v) is 12.6. The van der Waals surface area contributed by atoms with Crippen molar-refractivity contribution in [1.29, 1.82) is 0 Å². The number of aryl methyl sites for hydroxylation is 1. The Morgan fingerprint density at radius 3 is 2.67 bits per heavy atom. The summed E-state index contributed by atoms with van der Waals surface area (Å²) in [4.78, 5) is 15.3. The van der Waals surface area contributed by atoms with E-state index < -0.39 is 0 Å². The molecule has 4 nitrogen and oxygen atoms in total. The number of nitrogens with zero attached hydrogens (tertiary/aromatic N) is 2. The second kappa shape index (κ2) is 8.25. The van der Waals surface area contributed by atoms with Crippen LogP contribution in [0.1, 0.15) is 48.7 Å². The van der Waals surface area contributed by atoms with Gasteiger partial charge in [0.05, 0.1) is 6.20 Å². The molecule has 0 fully saturated rings. The van der Waals surface area contributed by atoms with Crippen LogP contribution < -0.4 is 5.43 Å². The fourth-order valence-electron chi connectivity index (χ4n) is 2.33. The lowest BCUT2D eigenvalue weighted by Gasteiger charge is -2.09. The normalized spacial score (nSPS) is 10.5. The quantitative estimate of drug-likeness (QED) is 0.567. The number of nitrogens with one attached hydrogen (secondary N) is 1. The van der Waals surface area contributed by atoms with E-state index in [0.717, 1.165) is 19.4 Å². The van der Waals surface area contributed by atoms with Gasteiger partial charge in [0.15, 0.2) is 5.78 Å². The number of carbonyl (C=O) groups excluding carboxylic acids is 1. The van der Waals surface area contributed by atoms with Crippen LogP contribution in [0.15, 0.2) is 42.9 Å². The Balaban J connectivity index is 1.56. The second-order valence-corrected chi connectivity index (χ2v) is 5.26. The summed E-state index contributed by atoms with van der Waals surface area (Å²) >= 11 is 0. The molecule has 1 aromatic heterocycles. The van der Waals surface area contributed by atoms with Crippen LogP contribution in [0.5, 0.6) is 0 Å². The number of imidazole rings is 1. The van der Waals surface area contributed by atoms with Crippen molar-refractivity contribution in [3.63, 3.8) is 0 Å². The molecule has 0 amide bonds. The fraction of sp³-hybridized carbons (Fsp3) is 0.412. The topological polar surface area (TPSA) is 46.9 Å². The van der Waals surface area contributed by atoms with Crippen molar-refractivity contribution in [2.75, 3.05) is 12.0 Å². The van der Waals surface area contributed by atoms with Crippen LogP contribution in [-0.4, -0.2) is 22.0 Å². The molecule has 0 aliphatic rings. The Labute approximate surface area is 126 Å². The molecule has 1 heterocycles. The van der Waals surface area contributed by atoms with Gasteiger partial charge in [-0.15, -0.1) is 0 Å². The third kappa shape index (κ3) is 5.06. The first-order chi connectivity index (χ1) is 10.3. The first-order valence-corrected chi connectivity index (χ1v) is 7.58.